The van der Waals surface area contributed by atoms with Gasteiger partial charge in [-0.2, -0.15) is 0 Å². The van der Waals surface area contributed by atoms with Gasteiger partial charge in [-0.25, -0.2) is 4.98 Å². The average molecular weight is 234 g/mol. The lowest BCUT2D eigenvalue weighted by atomic mass is 10.1. The molecule has 1 aliphatic carbocycles. The molecule has 1 aromatic heterocycles. The summed E-state index contributed by atoms with van der Waals surface area (Å²) in [7, 11) is 2.08. The molecule has 0 spiro atoms. The Morgan fingerprint density at radius 2 is 2.35 bits per heavy atom. The highest BCUT2D eigenvalue weighted by Crippen LogP contribution is 2.33. The Hall–Kier alpha value is -0.870. The molecule has 1 saturated heterocycles. The molecule has 1 saturated carbocycles. The Kier molecular flexibility index (Phi) is 3.16. The molecule has 94 valence electrons. The lowest BCUT2D eigenvalue weighted by molar-refractivity contribution is 0.189. The SMILES string of the molecule is Cn1ccnc1CCN1CCNC(C2CC2)C1. The van der Waals surface area contributed by atoms with Gasteiger partial charge in [0, 0.05) is 58.1 Å². The Morgan fingerprint density at radius 3 is 3.06 bits per heavy atom. The summed E-state index contributed by atoms with van der Waals surface area (Å²) in [5, 5.41) is 3.65. The number of hydrogen-bond acceptors (Lipinski definition) is 3. The fourth-order valence-electron chi connectivity index (χ4n) is 2.75. The van der Waals surface area contributed by atoms with Crippen LogP contribution in [0.1, 0.15) is 18.7 Å². The van der Waals surface area contributed by atoms with E-state index in [0.29, 0.717) is 0 Å². The van der Waals surface area contributed by atoms with Crippen LogP contribution in [0.25, 0.3) is 0 Å². The van der Waals surface area contributed by atoms with E-state index in [-0.39, 0.29) is 0 Å². The van der Waals surface area contributed by atoms with Gasteiger partial charge >= 0.3 is 0 Å². The van der Waals surface area contributed by atoms with E-state index in [1.54, 1.807) is 0 Å². The first-order valence-electron chi connectivity index (χ1n) is 6.75. The fourth-order valence-corrected chi connectivity index (χ4v) is 2.75. The van der Waals surface area contributed by atoms with Gasteiger partial charge in [-0.05, 0) is 18.8 Å². The number of hydrogen-bond donors (Lipinski definition) is 1. The highest BCUT2D eigenvalue weighted by molar-refractivity contribution is 4.94. The maximum Gasteiger partial charge on any atom is 0.109 e. The molecule has 1 aliphatic heterocycles. The molecule has 2 fully saturated rings. The van der Waals surface area contributed by atoms with Gasteiger partial charge in [-0.3, -0.25) is 0 Å². The topological polar surface area (TPSA) is 33.1 Å². The summed E-state index contributed by atoms with van der Waals surface area (Å²) in [6, 6.07) is 0.755. The zero-order valence-corrected chi connectivity index (χ0v) is 10.6. The first-order chi connectivity index (χ1) is 8.33. The maximum absolute atomic E-state index is 4.39. The van der Waals surface area contributed by atoms with Crippen molar-refractivity contribution >= 4 is 0 Å². The monoisotopic (exact) mass is 234 g/mol. The molecular weight excluding hydrogens is 212 g/mol. The number of imidazole rings is 1. The van der Waals surface area contributed by atoms with Crippen LogP contribution >= 0.6 is 0 Å². The van der Waals surface area contributed by atoms with Gasteiger partial charge in [0.15, 0.2) is 0 Å². The summed E-state index contributed by atoms with van der Waals surface area (Å²) in [4.78, 5) is 6.98. The lowest BCUT2D eigenvalue weighted by Gasteiger charge is -2.33. The molecule has 1 N–H and O–H groups in total. The summed E-state index contributed by atoms with van der Waals surface area (Å²) in [5.41, 5.74) is 0. The first kappa shape index (κ1) is 11.2. The van der Waals surface area contributed by atoms with Crippen molar-refractivity contribution in [1.82, 2.24) is 19.8 Å². The second-order valence-corrected chi connectivity index (χ2v) is 5.40. The van der Waals surface area contributed by atoms with Gasteiger partial charge < -0.3 is 14.8 Å². The van der Waals surface area contributed by atoms with Gasteiger partial charge in [0.25, 0.3) is 0 Å². The van der Waals surface area contributed by atoms with Crippen LogP contribution in [0, 0.1) is 5.92 Å². The quantitative estimate of drug-likeness (QED) is 0.830. The molecule has 1 atom stereocenters. The van der Waals surface area contributed by atoms with E-state index in [9.17, 15) is 0 Å². The summed E-state index contributed by atoms with van der Waals surface area (Å²) >= 11 is 0. The van der Waals surface area contributed by atoms with E-state index < -0.39 is 0 Å². The van der Waals surface area contributed by atoms with Gasteiger partial charge in [0.05, 0.1) is 0 Å². The van der Waals surface area contributed by atoms with Gasteiger partial charge in [-0.15, -0.1) is 0 Å². The fraction of sp³-hybridized carbons (Fsp3) is 0.769. The number of nitrogens with one attached hydrogen (secondary N) is 1. The minimum Gasteiger partial charge on any atom is -0.338 e. The van der Waals surface area contributed by atoms with Crippen LogP contribution in [0.3, 0.4) is 0 Å². The van der Waals surface area contributed by atoms with Crippen molar-refractivity contribution in [3.8, 4) is 0 Å². The number of rotatable bonds is 4. The first-order valence-corrected chi connectivity index (χ1v) is 6.75. The smallest absolute Gasteiger partial charge is 0.109 e. The molecule has 0 aromatic carbocycles. The van der Waals surface area contributed by atoms with Gasteiger partial charge in [0.1, 0.15) is 5.82 Å². The number of aromatic nitrogens is 2. The summed E-state index contributed by atoms with van der Waals surface area (Å²) < 4.78 is 2.13. The molecule has 0 amide bonds. The van der Waals surface area contributed by atoms with Crippen molar-refractivity contribution < 1.29 is 0 Å². The highest BCUT2D eigenvalue weighted by Gasteiger charge is 2.33. The summed E-state index contributed by atoms with van der Waals surface area (Å²) in [5.74, 6) is 2.16. The van der Waals surface area contributed by atoms with Crippen molar-refractivity contribution in [2.45, 2.75) is 25.3 Å². The third-order valence-corrected chi connectivity index (χ3v) is 4.05. The van der Waals surface area contributed by atoms with Crippen molar-refractivity contribution in [3.63, 3.8) is 0 Å². The van der Waals surface area contributed by atoms with Crippen LogP contribution in [-0.4, -0.2) is 46.7 Å². The summed E-state index contributed by atoms with van der Waals surface area (Å²) in [6.45, 7) is 4.72. The van der Waals surface area contributed by atoms with Crippen molar-refractivity contribution in [2.75, 3.05) is 26.2 Å². The normalized spacial score (nSPS) is 26.3. The zero-order chi connectivity index (χ0) is 11.7. The van der Waals surface area contributed by atoms with Crippen LogP contribution in [-0.2, 0) is 13.5 Å². The van der Waals surface area contributed by atoms with Crippen molar-refractivity contribution in [2.24, 2.45) is 13.0 Å². The molecule has 2 aliphatic rings. The minimum absolute atomic E-state index is 0.755. The Labute approximate surface area is 103 Å². The zero-order valence-electron chi connectivity index (χ0n) is 10.6. The van der Waals surface area contributed by atoms with Crippen molar-refractivity contribution in [3.05, 3.63) is 18.2 Å². The molecule has 4 heteroatoms. The van der Waals surface area contributed by atoms with E-state index in [2.05, 4.69) is 26.8 Å². The third kappa shape index (κ3) is 2.69. The molecule has 3 rings (SSSR count). The Bertz CT molecular complexity index is 369. The maximum atomic E-state index is 4.39. The summed E-state index contributed by atoms with van der Waals surface area (Å²) in [6.07, 6.45) is 7.86. The average Bonchev–Trinajstić information content (AvgIpc) is 3.12. The number of piperazine rings is 1. The molecule has 1 aromatic rings. The van der Waals surface area contributed by atoms with Crippen LogP contribution < -0.4 is 5.32 Å². The molecule has 2 heterocycles. The van der Waals surface area contributed by atoms with E-state index >= 15 is 0 Å². The lowest BCUT2D eigenvalue weighted by Crippen LogP contribution is -2.52. The van der Waals surface area contributed by atoms with E-state index in [1.807, 2.05) is 12.4 Å². The van der Waals surface area contributed by atoms with E-state index in [0.717, 1.165) is 31.5 Å². The van der Waals surface area contributed by atoms with Crippen LogP contribution in [0.15, 0.2) is 12.4 Å². The third-order valence-electron chi connectivity index (χ3n) is 4.05. The molecular formula is C13H22N4. The van der Waals surface area contributed by atoms with Crippen LogP contribution in [0.2, 0.25) is 0 Å². The minimum atomic E-state index is 0.755. The molecule has 0 radical (unpaired) electrons. The van der Waals surface area contributed by atoms with Gasteiger partial charge in [0.2, 0.25) is 0 Å². The van der Waals surface area contributed by atoms with E-state index in [1.165, 1.54) is 31.8 Å². The molecule has 0 bridgehead atoms. The van der Waals surface area contributed by atoms with Crippen molar-refractivity contribution in [1.29, 1.82) is 0 Å². The standard InChI is InChI=1S/C13H22N4/c1-16-8-5-15-13(16)4-7-17-9-6-14-12(10-17)11-2-3-11/h5,8,11-12,14H,2-4,6-7,9-10H2,1H3. The Morgan fingerprint density at radius 1 is 1.47 bits per heavy atom. The van der Waals surface area contributed by atoms with Crippen LogP contribution in [0.4, 0.5) is 0 Å². The predicted octanol–water partition coefficient (Wildman–Crippen LogP) is 0.646. The second kappa shape index (κ2) is 4.78. The number of nitrogens with zero attached hydrogens (tertiary/aromatic N) is 3. The molecule has 17 heavy (non-hydrogen) atoms. The highest BCUT2D eigenvalue weighted by atomic mass is 15.2. The van der Waals surface area contributed by atoms with Gasteiger partial charge in [-0.1, -0.05) is 0 Å². The predicted molar refractivity (Wildman–Crippen MR) is 67.9 cm³/mol. The second-order valence-electron chi connectivity index (χ2n) is 5.40. The number of aryl methyl sites for hydroxylation is 1. The Balaban J connectivity index is 1.49. The molecule has 4 nitrogen and oxygen atoms in total. The van der Waals surface area contributed by atoms with Crippen LogP contribution in [0.5, 0.6) is 0 Å². The largest absolute Gasteiger partial charge is 0.338 e. The molecule has 1 unspecified atom stereocenters. The van der Waals surface area contributed by atoms with E-state index in [4.69, 9.17) is 0 Å².